The Morgan fingerprint density at radius 2 is 1.90 bits per heavy atom. The van der Waals surface area contributed by atoms with Crippen molar-refractivity contribution in [1.82, 2.24) is 9.88 Å². The third-order valence-electron chi connectivity index (χ3n) is 4.10. The van der Waals surface area contributed by atoms with Gasteiger partial charge >= 0.3 is 6.18 Å². The second-order valence-electron chi connectivity index (χ2n) is 6.22. The predicted molar refractivity (Wildman–Crippen MR) is 113 cm³/mol. The highest BCUT2D eigenvalue weighted by molar-refractivity contribution is 7.99. The number of hydrogen-bond acceptors (Lipinski definition) is 5. The number of benzene rings is 1. The lowest BCUT2D eigenvalue weighted by Gasteiger charge is -2.19. The van der Waals surface area contributed by atoms with Crippen LogP contribution in [0.15, 0.2) is 41.6 Å². The van der Waals surface area contributed by atoms with Crippen molar-refractivity contribution in [3.63, 3.8) is 0 Å². The van der Waals surface area contributed by atoms with E-state index >= 15 is 0 Å². The van der Waals surface area contributed by atoms with Gasteiger partial charge in [0.25, 0.3) is 5.91 Å². The first kappa shape index (κ1) is 24.8. The van der Waals surface area contributed by atoms with Crippen LogP contribution in [0.3, 0.4) is 0 Å². The van der Waals surface area contributed by atoms with Crippen LogP contribution < -0.4 is 10.1 Å². The molecule has 1 heterocycles. The molecule has 1 N–H and O–H groups in total. The number of amides is 2. The zero-order valence-electron chi connectivity index (χ0n) is 16.8. The van der Waals surface area contributed by atoms with Gasteiger partial charge in [0.15, 0.2) is 6.61 Å². The Kier molecular flexibility index (Phi) is 9.00. The number of pyridine rings is 1. The van der Waals surface area contributed by atoms with E-state index in [0.29, 0.717) is 29.6 Å². The van der Waals surface area contributed by atoms with Crippen LogP contribution in [0.4, 0.5) is 18.9 Å². The molecule has 0 spiro atoms. The van der Waals surface area contributed by atoms with E-state index in [-0.39, 0.29) is 29.2 Å². The smallest absolute Gasteiger partial charge is 0.417 e. The fourth-order valence-corrected chi connectivity index (χ4v) is 3.35. The van der Waals surface area contributed by atoms with E-state index < -0.39 is 11.7 Å². The van der Waals surface area contributed by atoms with Crippen LogP contribution in [0, 0.1) is 0 Å². The summed E-state index contributed by atoms with van der Waals surface area (Å²) in [6.45, 7) is 4.76. The summed E-state index contributed by atoms with van der Waals surface area (Å²) in [4.78, 5) is 29.4. The lowest BCUT2D eigenvalue weighted by molar-refractivity contribution is -0.138. The highest BCUT2D eigenvalue weighted by Gasteiger charge is 2.30. The van der Waals surface area contributed by atoms with Crippen LogP contribution in [0.5, 0.6) is 5.75 Å². The molecule has 2 aromatic rings. The summed E-state index contributed by atoms with van der Waals surface area (Å²) in [6, 6.07) is 6.72. The molecule has 0 atom stereocenters. The number of likely N-dealkylation sites (N-methyl/N-ethyl adjacent to an activating group) is 1. The number of carbonyl (C=O) groups excluding carboxylic acids is 2. The first-order valence-corrected chi connectivity index (χ1v) is 10.7. The Bertz CT molecular complexity index is 907. The predicted octanol–water partition coefficient (Wildman–Crippen LogP) is 4.73. The summed E-state index contributed by atoms with van der Waals surface area (Å²) in [6.07, 6.45) is -3.73. The Morgan fingerprint density at radius 3 is 2.45 bits per heavy atom. The molecular formula is C20H21ClF3N3O3S. The molecule has 0 bridgehead atoms. The normalized spacial score (nSPS) is 11.2. The number of nitrogens with zero attached hydrogens (tertiary/aromatic N) is 2. The second kappa shape index (κ2) is 11.2. The number of alkyl halides is 3. The van der Waals surface area contributed by atoms with E-state index in [1.807, 2.05) is 13.8 Å². The summed E-state index contributed by atoms with van der Waals surface area (Å²) in [5.41, 5.74) is -0.435. The van der Waals surface area contributed by atoms with Crippen molar-refractivity contribution in [2.75, 3.05) is 30.8 Å². The Balaban J connectivity index is 1.86. The number of rotatable bonds is 9. The Hall–Kier alpha value is -2.46. The molecule has 0 aliphatic heterocycles. The van der Waals surface area contributed by atoms with Gasteiger partial charge < -0.3 is 15.0 Å². The number of carbonyl (C=O) groups is 2. The third-order valence-corrected chi connectivity index (χ3v) is 5.34. The molecule has 168 valence electrons. The van der Waals surface area contributed by atoms with Crippen LogP contribution in [0.2, 0.25) is 5.02 Å². The van der Waals surface area contributed by atoms with Crippen molar-refractivity contribution in [3.05, 3.63) is 47.1 Å². The topological polar surface area (TPSA) is 71.5 Å². The molecule has 0 saturated carbocycles. The molecule has 0 aliphatic rings. The average Bonchev–Trinajstić information content (AvgIpc) is 2.72. The summed E-state index contributed by atoms with van der Waals surface area (Å²) in [5, 5.41) is 3.15. The van der Waals surface area contributed by atoms with E-state index in [2.05, 4.69) is 10.3 Å². The monoisotopic (exact) mass is 475 g/mol. The largest absolute Gasteiger partial charge is 0.482 e. The fourth-order valence-electron chi connectivity index (χ4n) is 2.47. The van der Waals surface area contributed by atoms with Gasteiger partial charge in [0, 0.05) is 25.0 Å². The SMILES string of the molecule is CCN(CC)C(=O)COc1ccc(NC(=O)CSc2ccc(C(F)(F)F)cn2)cc1Cl. The zero-order valence-corrected chi connectivity index (χ0v) is 18.4. The third kappa shape index (κ3) is 7.62. The van der Waals surface area contributed by atoms with Gasteiger partial charge in [-0.1, -0.05) is 23.4 Å². The van der Waals surface area contributed by atoms with Crippen LogP contribution in [-0.2, 0) is 15.8 Å². The summed E-state index contributed by atoms with van der Waals surface area (Å²) in [5.74, 6) is -0.281. The first-order chi connectivity index (χ1) is 14.6. The summed E-state index contributed by atoms with van der Waals surface area (Å²) in [7, 11) is 0. The van der Waals surface area contributed by atoms with Crippen LogP contribution in [0.1, 0.15) is 19.4 Å². The summed E-state index contributed by atoms with van der Waals surface area (Å²) >= 11 is 7.16. The lowest BCUT2D eigenvalue weighted by atomic mass is 10.3. The molecule has 1 aromatic heterocycles. The minimum Gasteiger partial charge on any atom is -0.482 e. The van der Waals surface area contributed by atoms with E-state index in [1.165, 1.54) is 18.2 Å². The van der Waals surface area contributed by atoms with E-state index in [1.54, 1.807) is 11.0 Å². The van der Waals surface area contributed by atoms with Gasteiger partial charge in [-0.2, -0.15) is 13.2 Å². The molecular weight excluding hydrogens is 455 g/mol. The van der Waals surface area contributed by atoms with Gasteiger partial charge in [-0.05, 0) is 44.2 Å². The number of thioether (sulfide) groups is 1. The van der Waals surface area contributed by atoms with Crippen molar-refractivity contribution in [2.24, 2.45) is 0 Å². The lowest BCUT2D eigenvalue weighted by Crippen LogP contribution is -2.34. The molecule has 2 rings (SSSR count). The average molecular weight is 476 g/mol. The molecule has 2 amide bonds. The molecule has 0 fully saturated rings. The standard InChI is InChI=1S/C20H21ClF3N3O3S/c1-3-27(4-2)19(29)11-30-16-7-6-14(9-15(16)21)26-17(28)12-31-18-8-5-13(10-25-18)20(22,23)24/h5-10H,3-4,11-12H2,1-2H3,(H,26,28). The molecule has 0 radical (unpaired) electrons. The maximum absolute atomic E-state index is 12.5. The van der Waals surface area contributed by atoms with Crippen LogP contribution >= 0.6 is 23.4 Å². The zero-order chi connectivity index (χ0) is 23.0. The van der Waals surface area contributed by atoms with Crippen molar-refractivity contribution < 1.29 is 27.5 Å². The number of halogens is 4. The Morgan fingerprint density at radius 1 is 1.19 bits per heavy atom. The minimum absolute atomic E-state index is 0.0490. The van der Waals surface area contributed by atoms with Crippen LogP contribution in [-0.4, -0.2) is 47.1 Å². The molecule has 0 unspecified atom stereocenters. The van der Waals surface area contributed by atoms with E-state index in [4.69, 9.17) is 16.3 Å². The molecule has 0 aliphatic carbocycles. The van der Waals surface area contributed by atoms with E-state index in [9.17, 15) is 22.8 Å². The molecule has 31 heavy (non-hydrogen) atoms. The van der Waals surface area contributed by atoms with Crippen molar-refractivity contribution in [3.8, 4) is 5.75 Å². The number of ether oxygens (including phenoxy) is 1. The van der Waals surface area contributed by atoms with Crippen molar-refractivity contribution >= 4 is 40.9 Å². The van der Waals surface area contributed by atoms with Gasteiger partial charge in [-0.15, -0.1) is 0 Å². The highest BCUT2D eigenvalue weighted by Crippen LogP contribution is 2.30. The van der Waals surface area contributed by atoms with Gasteiger partial charge in [-0.3, -0.25) is 9.59 Å². The van der Waals surface area contributed by atoms with Gasteiger partial charge in [0.2, 0.25) is 5.91 Å². The van der Waals surface area contributed by atoms with Crippen molar-refractivity contribution in [2.45, 2.75) is 25.0 Å². The quantitative estimate of drug-likeness (QED) is 0.531. The molecule has 1 aromatic carbocycles. The number of anilines is 1. The maximum atomic E-state index is 12.5. The molecule has 6 nitrogen and oxygen atoms in total. The fraction of sp³-hybridized carbons (Fsp3) is 0.350. The number of hydrogen-bond donors (Lipinski definition) is 1. The van der Waals surface area contributed by atoms with Crippen molar-refractivity contribution in [1.29, 1.82) is 0 Å². The highest BCUT2D eigenvalue weighted by atomic mass is 35.5. The first-order valence-electron chi connectivity index (χ1n) is 9.30. The maximum Gasteiger partial charge on any atom is 0.417 e. The van der Waals surface area contributed by atoms with Gasteiger partial charge in [-0.25, -0.2) is 4.98 Å². The van der Waals surface area contributed by atoms with E-state index in [0.717, 1.165) is 24.0 Å². The van der Waals surface area contributed by atoms with Gasteiger partial charge in [0.1, 0.15) is 5.75 Å². The number of aromatic nitrogens is 1. The molecule has 11 heteroatoms. The number of nitrogens with one attached hydrogen (secondary N) is 1. The Labute approximate surface area is 187 Å². The minimum atomic E-state index is -4.46. The van der Waals surface area contributed by atoms with Crippen LogP contribution in [0.25, 0.3) is 0 Å². The summed E-state index contributed by atoms with van der Waals surface area (Å²) < 4.78 is 43.1. The van der Waals surface area contributed by atoms with Gasteiger partial charge in [0.05, 0.1) is 21.4 Å². The second-order valence-corrected chi connectivity index (χ2v) is 7.62. The molecule has 0 saturated heterocycles.